The zero-order valence-electron chi connectivity index (χ0n) is 11.1. The van der Waals surface area contributed by atoms with E-state index in [0.717, 1.165) is 24.8 Å². The van der Waals surface area contributed by atoms with Crippen LogP contribution in [0.4, 0.5) is 5.13 Å². The Hall–Kier alpha value is -1.05. The molecule has 4 heteroatoms. The van der Waals surface area contributed by atoms with E-state index in [1.54, 1.807) is 11.3 Å². The Labute approximate surface area is 108 Å². The molecule has 1 N–H and O–H groups in total. The van der Waals surface area contributed by atoms with Gasteiger partial charge in [-0.1, -0.05) is 5.92 Å². The van der Waals surface area contributed by atoms with Gasteiger partial charge in [-0.15, -0.1) is 17.8 Å². The molecule has 0 atom stereocenters. The van der Waals surface area contributed by atoms with E-state index in [2.05, 4.69) is 35.0 Å². The van der Waals surface area contributed by atoms with E-state index in [-0.39, 0.29) is 5.54 Å². The highest BCUT2D eigenvalue weighted by Crippen LogP contribution is 2.22. The van der Waals surface area contributed by atoms with Crippen LogP contribution in [-0.2, 0) is 6.54 Å². The average Bonchev–Trinajstić information content (AvgIpc) is 2.77. The fourth-order valence-electron chi connectivity index (χ4n) is 1.38. The Balaban J connectivity index is 2.61. The summed E-state index contributed by atoms with van der Waals surface area (Å²) in [4.78, 5) is 7.91. The monoisotopic (exact) mass is 251 g/mol. The minimum absolute atomic E-state index is 0.265. The SMILES string of the molecule is C#CC(C)(C)NCc1cnc(N(CC)CC)s1. The maximum Gasteiger partial charge on any atom is 0.185 e. The number of hydrogen-bond donors (Lipinski definition) is 1. The van der Waals surface area contributed by atoms with Crippen molar-refractivity contribution in [3.8, 4) is 12.3 Å². The van der Waals surface area contributed by atoms with Crippen LogP contribution in [-0.4, -0.2) is 23.6 Å². The molecular formula is C13H21N3S. The van der Waals surface area contributed by atoms with Gasteiger partial charge in [0.2, 0.25) is 0 Å². The van der Waals surface area contributed by atoms with Crippen molar-refractivity contribution in [2.45, 2.75) is 39.8 Å². The number of hydrogen-bond acceptors (Lipinski definition) is 4. The van der Waals surface area contributed by atoms with Crippen LogP contribution in [0.3, 0.4) is 0 Å². The fourth-order valence-corrected chi connectivity index (χ4v) is 2.36. The van der Waals surface area contributed by atoms with Crippen LogP contribution in [0.5, 0.6) is 0 Å². The van der Waals surface area contributed by atoms with Gasteiger partial charge in [0.25, 0.3) is 0 Å². The lowest BCUT2D eigenvalue weighted by Crippen LogP contribution is -2.36. The van der Waals surface area contributed by atoms with Crippen LogP contribution in [0.15, 0.2) is 6.20 Å². The van der Waals surface area contributed by atoms with Crippen molar-refractivity contribution in [1.82, 2.24) is 10.3 Å². The van der Waals surface area contributed by atoms with Gasteiger partial charge < -0.3 is 4.90 Å². The predicted octanol–water partition coefficient (Wildman–Crippen LogP) is 2.49. The second-order valence-corrected chi connectivity index (χ2v) is 5.50. The third-order valence-corrected chi connectivity index (χ3v) is 3.70. The molecular weight excluding hydrogens is 230 g/mol. The second-order valence-electron chi connectivity index (χ2n) is 4.40. The van der Waals surface area contributed by atoms with E-state index in [4.69, 9.17) is 6.42 Å². The van der Waals surface area contributed by atoms with Gasteiger partial charge in [0, 0.05) is 30.7 Å². The van der Waals surface area contributed by atoms with Gasteiger partial charge >= 0.3 is 0 Å². The van der Waals surface area contributed by atoms with Gasteiger partial charge in [-0.25, -0.2) is 4.98 Å². The number of terminal acetylenes is 1. The summed E-state index contributed by atoms with van der Waals surface area (Å²) in [5.74, 6) is 2.73. The second kappa shape index (κ2) is 6.04. The highest BCUT2D eigenvalue weighted by atomic mass is 32.1. The standard InChI is InChI=1S/C13H21N3S/c1-6-13(4,5)15-10-11-9-14-12(17-11)16(7-2)8-3/h1,9,15H,7-8,10H2,2-5H3. The molecule has 0 amide bonds. The van der Waals surface area contributed by atoms with Crippen molar-refractivity contribution >= 4 is 16.5 Å². The first-order valence-corrected chi connectivity index (χ1v) is 6.76. The van der Waals surface area contributed by atoms with Gasteiger partial charge in [0.15, 0.2) is 5.13 Å². The summed E-state index contributed by atoms with van der Waals surface area (Å²) in [6.45, 7) is 11.0. The Bertz CT molecular complexity index is 386. The third-order valence-electron chi connectivity index (χ3n) is 2.64. The van der Waals surface area contributed by atoms with E-state index < -0.39 is 0 Å². The van der Waals surface area contributed by atoms with Gasteiger partial charge in [0.1, 0.15) is 0 Å². The molecule has 1 aromatic heterocycles. The maximum absolute atomic E-state index is 5.43. The molecule has 0 radical (unpaired) electrons. The highest BCUT2D eigenvalue weighted by Gasteiger charge is 2.14. The molecule has 1 aromatic rings. The van der Waals surface area contributed by atoms with Crippen molar-refractivity contribution in [2.24, 2.45) is 0 Å². The summed E-state index contributed by atoms with van der Waals surface area (Å²) in [5, 5.41) is 4.42. The van der Waals surface area contributed by atoms with E-state index in [1.165, 1.54) is 4.88 Å². The van der Waals surface area contributed by atoms with Gasteiger partial charge in [-0.2, -0.15) is 0 Å². The van der Waals surface area contributed by atoms with Crippen molar-refractivity contribution in [1.29, 1.82) is 0 Å². The molecule has 1 heterocycles. The molecule has 1 rings (SSSR count). The average molecular weight is 251 g/mol. The summed E-state index contributed by atoms with van der Waals surface area (Å²) in [6.07, 6.45) is 7.36. The molecule has 0 aliphatic rings. The van der Waals surface area contributed by atoms with E-state index >= 15 is 0 Å². The number of thiazole rings is 1. The summed E-state index contributed by atoms with van der Waals surface area (Å²) in [7, 11) is 0. The molecule has 17 heavy (non-hydrogen) atoms. The summed E-state index contributed by atoms with van der Waals surface area (Å²) >= 11 is 1.73. The molecule has 0 aliphatic heterocycles. The van der Waals surface area contributed by atoms with E-state index in [1.807, 2.05) is 20.0 Å². The molecule has 0 aromatic carbocycles. The zero-order chi connectivity index (χ0) is 12.9. The van der Waals surface area contributed by atoms with Gasteiger partial charge in [-0.05, 0) is 27.7 Å². The molecule has 0 aliphatic carbocycles. The van der Waals surface area contributed by atoms with Crippen LogP contribution in [0.2, 0.25) is 0 Å². The number of rotatable bonds is 6. The summed E-state index contributed by atoms with van der Waals surface area (Å²) in [5.41, 5.74) is -0.265. The van der Waals surface area contributed by atoms with Gasteiger partial charge in [-0.3, -0.25) is 5.32 Å². The third kappa shape index (κ3) is 4.03. The van der Waals surface area contributed by atoms with Crippen LogP contribution in [0.1, 0.15) is 32.6 Å². The van der Waals surface area contributed by atoms with Crippen molar-refractivity contribution < 1.29 is 0 Å². The van der Waals surface area contributed by atoms with E-state index in [0.29, 0.717) is 0 Å². The predicted molar refractivity (Wildman–Crippen MR) is 75.4 cm³/mol. The maximum atomic E-state index is 5.43. The Morgan fingerprint density at radius 3 is 2.65 bits per heavy atom. The van der Waals surface area contributed by atoms with Crippen LogP contribution >= 0.6 is 11.3 Å². The lowest BCUT2D eigenvalue weighted by molar-refractivity contribution is 0.493. The quantitative estimate of drug-likeness (QED) is 0.787. The normalized spacial score (nSPS) is 11.2. The molecule has 0 saturated heterocycles. The minimum atomic E-state index is -0.265. The number of nitrogens with zero attached hydrogens (tertiary/aromatic N) is 2. The topological polar surface area (TPSA) is 28.2 Å². The fraction of sp³-hybridized carbons (Fsp3) is 0.615. The van der Waals surface area contributed by atoms with Gasteiger partial charge in [0.05, 0.1) is 5.54 Å². The lowest BCUT2D eigenvalue weighted by Gasteiger charge is -2.19. The molecule has 0 bridgehead atoms. The summed E-state index contributed by atoms with van der Waals surface area (Å²) in [6, 6.07) is 0. The molecule has 3 nitrogen and oxygen atoms in total. The van der Waals surface area contributed by atoms with E-state index in [9.17, 15) is 0 Å². The first-order chi connectivity index (χ1) is 8.02. The summed E-state index contributed by atoms with van der Waals surface area (Å²) < 4.78 is 0. The minimum Gasteiger partial charge on any atom is -0.349 e. The number of anilines is 1. The van der Waals surface area contributed by atoms with Crippen molar-refractivity contribution in [2.75, 3.05) is 18.0 Å². The first-order valence-electron chi connectivity index (χ1n) is 5.94. The molecule has 0 fully saturated rings. The van der Waals surface area contributed by atoms with Crippen LogP contribution in [0.25, 0.3) is 0 Å². The highest BCUT2D eigenvalue weighted by molar-refractivity contribution is 7.15. The van der Waals surface area contributed by atoms with Crippen molar-refractivity contribution in [3.63, 3.8) is 0 Å². The van der Waals surface area contributed by atoms with Crippen molar-refractivity contribution in [3.05, 3.63) is 11.1 Å². The molecule has 0 unspecified atom stereocenters. The Morgan fingerprint density at radius 1 is 1.47 bits per heavy atom. The molecule has 0 saturated carbocycles. The molecule has 0 spiro atoms. The lowest BCUT2D eigenvalue weighted by atomic mass is 10.1. The first kappa shape index (κ1) is 14.0. The Kier molecular flexibility index (Phi) is 4.98. The zero-order valence-corrected chi connectivity index (χ0v) is 11.9. The molecule has 94 valence electrons. The van der Waals surface area contributed by atoms with Crippen LogP contribution in [0, 0.1) is 12.3 Å². The number of nitrogens with one attached hydrogen (secondary N) is 1. The smallest absolute Gasteiger partial charge is 0.185 e. The Morgan fingerprint density at radius 2 is 2.12 bits per heavy atom. The largest absolute Gasteiger partial charge is 0.349 e. The van der Waals surface area contributed by atoms with Crippen LogP contribution < -0.4 is 10.2 Å². The number of aromatic nitrogens is 1.